The molecule has 2 aromatic rings. The van der Waals surface area contributed by atoms with Crippen LogP contribution in [0.3, 0.4) is 0 Å². The predicted molar refractivity (Wildman–Crippen MR) is 58.8 cm³/mol. The molecule has 8 heteroatoms. The Bertz CT molecular complexity index is 558. The van der Waals surface area contributed by atoms with Crippen molar-refractivity contribution in [1.82, 2.24) is 15.0 Å². The summed E-state index contributed by atoms with van der Waals surface area (Å²) < 4.78 is 0. The molecule has 0 bridgehead atoms. The van der Waals surface area contributed by atoms with Crippen LogP contribution >= 0.6 is 0 Å². The third-order valence-electron chi connectivity index (χ3n) is 1.92. The zero-order valence-corrected chi connectivity index (χ0v) is 9.33. The van der Waals surface area contributed by atoms with Gasteiger partial charge >= 0.3 is 5.69 Å². The van der Waals surface area contributed by atoms with E-state index in [1.165, 1.54) is 0 Å². The highest BCUT2D eigenvalue weighted by Gasteiger charge is 2.17. The molecule has 0 aliphatic carbocycles. The molecule has 86 valence electrons. The average molecular weight is 250 g/mol. The van der Waals surface area contributed by atoms with Gasteiger partial charge in [0, 0.05) is 6.07 Å². The molecule has 0 amide bonds. The van der Waals surface area contributed by atoms with Gasteiger partial charge in [-0.15, -0.1) is 0 Å². The van der Waals surface area contributed by atoms with Gasteiger partial charge in [0.05, 0.1) is 0 Å². The summed E-state index contributed by atoms with van der Waals surface area (Å²) in [6, 6.07) is 6.81. The number of benzene rings is 1. The summed E-state index contributed by atoms with van der Waals surface area (Å²) in [5, 5.41) is 8.81. The van der Waals surface area contributed by atoms with Crippen molar-refractivity contribution in [3.63, 3.8) is 0 Å². The SMILES string of the molecule is N#[N+]c1ccccc1-c1nc(N)nc(N)n1.[Cl-]. The van der Waals surface area contributed by atoms with Gasteiger partial charge in [-0.1, -0.05) is 12.1 Å². The second-order valence-electron chi connectivity index (χ2n) is 2.99. The number of aromatic nitrogens is 3. The molecular weight excluding hydrogens is 242 g/mol. The molecule has 17 heavy (non-hydrogen) atoms. The molecule has 2 rings (SSSR count). The van der Waals surface area contributed by atoms with E-state index >= 15 is 0 Å². The fourth-order valence-electron chi connectivity index (χ4n) is 1.28. The number of anilines is 2. The van der Waals surface area contributed by atoms with Crippen molar-refractivity contribution in [3.8, 4) is 11.4 Å². The molecule has 1 aromatic heterocycles. The Labute approximate surface area is 103 Å². The van der Waals surface area contributed by atoms with Crippen LogP contribution in [0.4, 0.5) is 17.6 Å². The summed E-state index contributed by atoms with van der Waals surface area (Å²) in [6.07, 6.45) is 0. The van der Waals surface area contributed by atoms with Crippen LogP contribution in [0.15, 0.2) is 24.3 Å². The first-order chi connectivity index (χ1) is 7.70. The number of nitrogens with zero attached hydrogens (tertiary/aromatic N) is 5. The van der Waals surface area contributed by atoms with Gasteiger partial charge in [0.1, 0.15) is 5.56 Å². The molecule has 0 unspecified atom stereocenters. The molecule has 0 aliphatic rings. The van der Waals surface area contributed by atoms with Gasteiger partial charge in [-0.3, -0.25) is 0 Å². The highest BCUT2D eigenvalue weighted by Crippen LogP contribution is 2.27. The molecular formula is C9H8ClN7. The van der Waals surface area contributed by atoms with E-state index in [2.05, 4.69) is 19.9 Å². The van der Waals surface area contributed by atoms with Crippen LogP contribution in [0, 0.1) is 5.39 Å². The van der Waals surface area contributed by atoms with Crippen molar-refractivity contribution in [1.29, 1.82) is 5.39 Å². The summed E-state index contributed by atoms with van der Waals surface area (Å²) in [6.45, 7) is 0. The number of rotatable bonds is 1. The number of nitrogens with two attached hydrogens (primary N) is 2. The van der Waals surface area contributed by atoms with Crippen molar-refractivity contribution in [2.24, 2.45) is 0 Å². The second kappa shape index (κ2) is 5.05. The minimum atomic E-state index is 0. The largest absolute Gasteiger partial charge is 1.00 e. The van der Waals surface area contributed by atoms with Crippen LogP contribution in [0.1, 0.15) is 0 Å². The lowest BCUT2D eigenvalue weighted by Gasteiger charge is -1.99. The van der Waals surface area contributed by atoms with E-state index in [0.29, 0.717) is 11.3 Å². The Morgan fingerprint density at radius 2 is 1.59 bits per heavy atom. The van der Waals surface area contributed by atoms with Crippen molar-refractivity contribution in [3.05, 3.63) is 29.2 Å². The third-order valence-corrected chi connectivity index (χ3v) is 1.92. The van der Waals surface area contributed by atoms with E-state index in [-0.39, 0.29) is 30.1 Å². The van der Waals surface area contributed by atoms with Crippen molar-refractivity contribution < 1.29 is 12.4 Å². The summed E-state index contributed by atoms with van der Waals surface area (Å²) in [5.74, 6) is 0.323. The minimum Gasteiger partial charge on any atom is -1.00 e. The number of hydrogen-bond donors (Lipinski definition) is 2. The Hall–Kier alpha value is -2.46. The molecule has 7 nitrogen and oxygen atoms in total. The first-order valence-electron chi connectivity index (χ1n) is 4.42. The maximum Gasteiger partial charge on any atom is 0.395 e. The van der Waals surface area contributed by atoms with Crippen LogP contribution in [0.2, 0.25) is 0 Å². The lowest BCUT2D eigenvalue weighted by Crippen LogP contribution is -3.00. The molecule has 0 saturated carbocycles. The van der Waals surface area contributed by atoms with Crippen molar-refractivity contribution in [2.75, 3.05) is 11.5 Å². The first-order valence-corrected chi connectivity index (χ1v) is 4.42. The van der Waals surface area contributed by atoms with Gasteiger partial charge in [0.15, 0.2) is 10.8 Å². The number of nitrogen functional groups attached to an aromatic ring is 2. The van der Waals surface area contributed by atoms with Crippen LogP contribution in [0.5, 0.6) is 0 Å². The fraction of sp³-hybridized carbons (Fsp3) is 0. The molecule has 0 saturated heterocycles. The predicted octanol–water partition coefficient (Wildman–Crippen LogP) is -1.81. The maximum absolute atomic E-state index is 8.81. The van der Waals surface area contributed by atoms with E-state index < -0.39 is 0 Å². The Morgan fingerprint density at radius 3 is 2.18 bits per heavy atom. The Balaban J connectivity index is 0.00000144. The topological polar surface area (TPSA) is 119 Å². The Morgan fingerprint density at radius 1 is 1.00 bits per heavy atom. The number of halogens is 1. The first kappa shape index (κ1) is 12.6. The van der Waals surface area contributed by atoms with Crippen LogP contribution < -0.4 is 23.9 Å². The molecule has 0 radical (unpaired) electrons. The number of hydrogen-bond acceptors (Lipinski definition) is 6. The van der Waals surface area contributed by atoms with E-state index in [1.54, 1.807) is 24.3 Å². The lowest BCUT2D eigenvalue weighted by molar-refractivity contribution is -0.00000389. The molecule has 0 atom stereocenters. The summed E-state index contributed by atoms with van der Waals surface area (Å²) in [5.41, 5.74) is 11.8. The van der Waals surface area contributed by atoms with Gasteiger partial charge < -0.3 is 23.9 Å². The zero-order chi connectivity index (χ0) is 11.5. The van der Waals surface area contributed by atoms with Gasteiger partial charge in [0.25, 0.3) is 0 Å². The van der Waals surface area contributed by atoms with Crippen LogP contribution in [-0.4, -0.2) is 15.0 Å². The molecule has 0 spiro atoms. The highest BCUT2D eigenvalue weighted by atomic mass is 35.5. The Kier molecular flexibility index (Phi) is 3.74. The van der Waals surface area contributed by atoms with Crippen molar-refractivity contribution in [2.45, 2.75) is 0 Å². The van der Waals surface area contributed by atoms with E-state index in [9.17, 15) is 0 Å². The standard InChI is InChI=1S/C9H8N7.ClH/c10-8-13-7(14-9(11)15-8)5-3-1-2-4-6(5)16-12;/h1-4H,(H4,10,11,13,14,15);1H/q+1;/p-1. The molecule has 1 aromatic carbocycles. The molecule has 1 heterocycles. The maximum atomic E-state index is 8.81. The van der Waals surface area contributed by atoms with E-state index in [1.807, 2.05) is 0 Å². The fourth-order valence-corrected chi connectivity index (χ4v) is 1.28. The smallest absolute Gasteiger partial charge is 0.395 e. The van der Waals surface area contributed by atoms with Crippen molar-refractivity contribution >= 4 is 17.6 Å². The minimum absolute atomic E-state index is 0. The molecule has 0 aliphatic heterocycles. The van der Waals surface area contributed by atoms with Gasteiger partial charge in [0.2, 0.25) is 17.3 Å². The van der Waals surface area contributed by atoms with Gasteiger partial charge in [-0.2, -0.15) is 15.0 Å². The monoisotopic (exact) mass is 249 g/mol. The van der Waals surface area contributed by atoms with E-state index in [0.717, 1.165) is 0 Å². The summed E-state index contributed by atoms with van der Waals surface area (Å²) in [4.78, 5) is 14.6. The van der Waals surface area contributed by atoms with Gasteiger partial charge in [-0.05, 0) is 6.07 Å². The van der Waals surface area contributed by atoms with Gasteiger partial charge in [-0.25, -0.2) is 0 Å². The highest BCUT2D eigenvalue weighted by molar-refractivity contribution is 5.74. The summed E-state index contributed by atoms with van der Waals surface area (Å²) in [7, 11) is 0. The second-order valence-corrected chi connectivity index (χ2v) is 2.99. The molecule has 4 N–H and O–H groups in total. The average Bonchev–Trinajstić information content (AvgIpc) is 2.27. The van der Waals surface area contributed by atoms with E-state index in [4.69, 9.17) is 16.9 Å². The van der Waals surface area contributed by atoms with Crippen LogP contribution in [-0.2, 0) is 0 Å². The summed E-state index contributed by atoms with van der Waals surface area (Å²) >= 11 is 0. The van der Waals surface area contributed by atoms with Crippen LogP contribution in [0.25, 0.3) is 16.4 Å². The zero-order valence-electron chi connectivity index (χ0n) is 8.58. The molecule has 0 fully saturated rings. The normalized spacial score (nSPS) is 9.12. The third kappa shape index (κ3) is 2.56. The number of diazo groups is 1. The quantitative estimate of drug-likeness (QED) is 0.575. The lowest BCUT2D eigenvalue weighted by atomic mass is 10.2.